The van der Waals surface area contributed by atoms with E-state index in [1.165, 1.54) is 10.6 Å². The lowest BCUT2D eigenvalue weighted by atomic mass is 9.98. The molecule has 0 amide bonds. The van der Waals surface area contributed by atoms with Crippen LogP contribution in [0.4, 0.5) is 5.69 Å². The van der Waals surface area contributed by atoms with Gasteiger partial charge >= 0.3 is 0 Å². The van der Waals surface area contributed by atoms with Crippen LogP contribution in [-0.4, -0.2) is 51.0 Å². The maximum absolute atomic E-state index is 12.6. The molecule has 0 radical (unpaired) electrons. The zero-order valence-electron chi connectivity index (χ0n) is 14.7. The number of carbonyl (C=O) groups excluding carboxylic acids is 1. The summed E-state index contributed by atoms with van der Waals surface area (Å²) in [6, 6.07) is 5.34. The van der Waals surface area contributed by atoms with E-state index in [1.54, 1.807) is 12.1 Å². The SMILES string of the molecule is CC1CCN(CC(=O)c2ccc3c(c2)C[C@H](C)N3S(C)(=O)=O)CC1. The molecule has 5 nitrogen and oxygen atoms in total. The van der Waals surface area contributed by atoms with Crippen LogP contribution in [0.25, 0.3) is 0 Å². The van der Waals surface area contributed by atoms with Crippen LogP contribution >= 0.6 is 0 Å². The zero-order valence-corrected chi connectivity index (χ0v) is 15.5. The second kappa shape index (κ2) is 6.48. The molecule has 0 aromatic heterocycles. The summed E-state index contributed by atoms with van der Waals surface area (Å²) in [6.07, 6.45) is 4.19. The first-order valence-corrected chi connectivity index (χ1v) is 10.5. The Bertz CT molecular complexity index is 737. The molecule has 2 aliphatic rings. The summed E-state index contributed by atoms with van der Waals surface area (Å²) in [5, 5.41) is 0. The Hall–Kier alpha value is -1.40. The second-order valence-corrected chi connectivity index (χ2v) is 9.20. The summed E-state index contributed by atoms with van der Waals surface area (Å²) in [5.74, 6) is 0.873. The largest absolute Gasteiger partial charge is 0.296 e. The Morgan fingerprint density at radius 1 is 1.21 bits per heavy atom. The fraction of sp³-hybridized carbons (Fsp3) is 0.611. The quantitative estimate of drug-likeness (QED) is 0.782. The first-order valence-electron chi connectivity index (χ1n) is 8.63. The average Bonchev–Trinajstić information content (AvgIpc) is 2.84. The van der Waals surface area contributed by atoms with E-state index in [-0.39, 0.29) is 11.8 Å². The number of anilines is 1. The summed E-state index contributed by atoms with van der Waals surface area (Å²) >= 11 is 0. The van der Waals surface area contributed by atoms with Gasteiger partial charge in [0, 0.05) is 11.6 Å². The van der Waals surface area contributed by atoms with Crippen LogP contribution in [0, 0.1) is 5.92 Å². The van der Waals surface area contributed by atoms with Crippen LogP contribution in [0.2, 0.25) is 0 Å². The van der Waals surface area contributed by atoms with Gasteiger partial charge in [0.1, 0.15) is 0 Å². The van der Waals surface area contributed by atoms with Crippen LogP contribution < -0.4 is 4.31 Å². The van der Waals surface area contributed by atoms with Gasteiger partial charge in [-0.1, -0.05) is 6.92 Å². The molecule has 0 spiro atoms. The van der Waals surface area contributed by atoms with Gasteiger partial charge in [-0.25, -0.2) is 8.42 Å². The van der Waals surface area contributed by atoms with Gasteiger partial charge in [0.25, 0.3) is 0 Å². The lowest BCUT2D eigenvalue weighted by molar-refractivity contribution is 0.0899. The molecule has 0 aliphatic carbocycles. The van der Waals surface area contributed by atoms with Crippen LogP contribution in [0.5, 0.6) is 0 Å². The van der Waals surface area contributed by atoms with E-state index in [9.17, 15) is 13.2 Å². The van der Waals surface area contributed by atoms with E-state index in [4.69, 9.17) is 0 Å². The highest BCUT2D eigenvalue weighted by Gasteiger charge is 2.32. The van der Waals surface area contributed by atoms with Crippen molar-refractivity contribution in [2.24, 2.45) is 5.92 Å². The third-order valence-corrected chi connectivity index (χ3v) is 6.43. The molecule has 24 heavy (non-hydrogen) atoms. The molecule has 2 heterocycles. The van der Waals surface area contributed by atoms with Crippen molar-refractivity contribution in [1.82, 2.24) is 4.90 Å². The van der Waals surface area contributed by atoms with Gasteiger partial charge in [0.15, 0.2) is 5.78 Å². The van der Waals surface area contributed by atoms with E-state index in [2.05, 4.69) is 11.8 Å². The minimum Gasteiger partial charge on any atom is -0.296 e. The van der Waals surface area contributed by atoms with Crippen molar-refractivity contribution in [3.05, 3.63) is 29.3 Å². The predicted molar refractivity (Wildman–Crippen MR) is 96.1 cm³/mol. The van der Waals surface area contributed by atoms with Crippen LogP contribution in [0.3, 0.4) is 0 Å². The monoisotopic (exact) mass is 350 g/mol. The molecule has 1 atom stereocenters. The minimum atomic E-state index is -3.29. The third kappa shape index (κ3) is 3.49. The van der Waals surface area contributed by atoms with Gasteiger partial charge in [0.2, 0.25) is 10.0 Å². The Labute approximate surface area is 144 Å². The number of Topliss-reactive ketones (excluding diaryl/α,β-unsaturated/α-hetero) is 1. The van der Waals surface area contributed by atoms with E-state index < -0.39 is 10.0 Å². The van der Waals surface area contributed by atoms with Gasteiger partial charge in [-0.05, 0) is 69.0 Å². The molecule has 1 fully saturated rings. The van der Waals surface area contributed by atoms with Gasteiger partial charge in [-0.3, -0.25) is 14.0 Å². The Balaban J connectivity index is 1.75. The number of likely N-dealkylation sites (tertiary alicyclic amines) is 1. The van der Waals surface area contributed by atoms with Gasteiger partial charge in [0.05, 0.1) is 18.5 Å². The highest BCUT2D eigenvalue weighted by Crippen LogP contribution is 2.34. The maximum Gasteiger partial charge on any atom is 0.232 e. The van der Waals surface area contributed by atoms with Gasteiger partial charge in [-0.15, -0.1) is 0 Å². The molecule has 2 aliphatic heterocycles. The lowest BCUT2D eigenvalue weighted by Gasteiger charge is -2.29. The van der Waals surface area contributed by atoms with E-state index in [0.29, 0.717) is 24.2 Å². The van der Waals surface area contributed by atoms with E-state index >= 15 is 0 Å². The summed E-state index contributed by atoms with van der Waals surface area (Å²) in [6.45, 7) is 6.58. The number of fused-ring (bicyclic) bond motifs is 1. The smallest absolute Gasteiger partial charge is 0.232 e. The number of carbonyl (C=O) groups is 1. The molecule has 0 bridgehead atoms. The fourth-order valence-corrected chi connectivity index (χ4v) is 5.06. The number of benzene rings is 1. The standard InChI is InChI=1S/C18H26N2O3S/c1-13-6-8-19(9-7-13)12-18(21)15-4-5-17-16(11-15)10-14(2)20(17)24(3,22)23/h4-5,11,13-14H,6-10,12H2,1-3H3/t14-/m0/s1. The van der Waals surface area contributed by atoms with Crippen molar-refractivity contribution in [2.75, 3.05) is 30.2 Å². The average molecular weight is 350 g/mol. The van der Waals surface area contributed by atoms with Gasteiger partial charge < -0.3 is 0 Å². The first kappa shape index (κ1) is 17.4. The topological polar surface area (TPSA) is 57.7 Å². The second-order valence-electron chi connectivity index (χ2n) is 7.34. The predicted octanol–water partition coefficient (Wildman–Crippen LogP) is 2.31. The molecule has 1 saturated heterocycles. The van der Waals surface area contributed by atoms with Crippen molar-refractivity contribution in [1.29, 1.82) is 0 Å². The summed E-state index contributed by atoms with van der Waals surface area (Å²) in [5.41, 5.74) is 2.36. The van der Waals surface area contributed by atoms with Gasteiger partial charge in [-0.2, -0.15) is 0 Å². The summed E-state index contributed by atoms with van der Waals surface area (Å²) in [4.78, 5) is 14.8. The Kier molecular flexibility index (Phi) is 4.71. The molecule has 0 N–H and O–H groups in total. The molecular weight excluding hydrogens is 324 g/mol. The third-order valence-electron chi connectivity index (χ3n) is 5.16. The number of sulfonamides is 1. The molecule has 1 aromatic carbocycles. The summed E-state index contributed by atoms with van der Waals surface area (Å²) < 4.78 is 25.4. The van der Waals surface area contributed by atoms with E-state index in [0.717, 1.165) is 37.4 Å². The van der Waals surface area contributed by atoms with Crippen LogP contribution in [-0.2, 0) is 16.4 Å². The normalized spacial score (nSPS) is 22.6. The minimum absolute atomic E-state index is 0.0936. The molecule has 3 rings (SSSR count). The zero-order chi connectivity index (χ0) is 17.5. The maximum atomic E-state index is 12.6. The van der Waals surface area contributed by atoms with Crippen molar-refractivity contribution in [2.45, 2.75) is 39.2 Å². The molecule has 1 aromatic rings. The van der Waals surface area contributed by atoms with Crippen molar-refractivity contribution in [3.63, 3.8) is 0 Å². The highest BCUT2D eigenvalue weighted by atomic mass is 32.2. The highest BCUT2D eigenvalue weighted by molar-refractivity contribution is 7.92. The molecule has 0 unspecified atom stereocenters. The van der Waals surface area contributed by atoms with Crippen molar-refractivity contribution < 1.29 is 13.2 Å². The lowest BCUT2D eigenvalue weighted by Crippen LogP contribution is -2.36. The Morgan fingerprint density at radius 3 is 2.50 bits per heavy atom. The van der Waals surface area contributed by atoms with Crippen LogP contribution in [0.15, 0.2) is 18.2 Å². The van der Waals surface area contributed by atoms with E-state index in [1.807, 2.05) is 13.0 Å². The fourth-order valence-electron chi connectivity index (χ4n) is 3.80. The molecule has 132 valence electrons. The molecular formula is C18H26N2O3S. The first-order chi connectivity index (χ1) is 11.3. The molecule has 0 saturated carbocycles. The number of ketones is 1. The number of rotatable bonds is 4. The molecule has 6 heteroatoms. The number of hydrogen-bond acceptors (Lipinski definition) is 4. The summed E-state index contributed by atoms with van der Waals surface area (Å²) in [7, 11) is -3.29. The van der Waals surface area contributed by atoms with Crippen molar-refractivity contribution >= 4 is 21.5 Å². The Morgan fingerprint density at radius 2 is 1.88 bits per heavy atom. The number of hydrogen-bond donors (Lipinski definition) is 0. The van der Waals surface area contributed by atoms with Crippen LogP contribution in [0.1, 0.15) is 42.6 Å². The number of nitrogens with zero attached hydrogens (tertiary/aromatic N) is 2. The van der Waals surface area contributed by atoms with Crippen molar-refractivity contribution in [3.8, 4) is 0 Å². The number of piperidine rings is 1.